The second-order valence-corrected chi connectivity index (χ2v) is 7.02. The van der Waals surface area contributed by atoms with Crippen LogP contribution in [0, 0.1) is 0 Å². The van der Waals surface area contributed by atoms with E-state index in [1.165, 1.54) is 4.70 Å². The molecule has 0 aliphatic carbocycles. The minimum Gasteiger partial charge on any atom is -0.507 e. The van der Waals surface area contributed by atoms with Gasteiger partial charge in [-0.2, -0.15) is 0 Å². The summed E-state index contributed by atoms with van der Waals surface area (Å²) in [6.45, 7) is 0. The number of fused-ring (bicyclic) bond motifs is 1. The zero-order valence-corrected chi connectivity index (χ0v) is 14.9. The first-order valence-corrected chi connectivity index (χ1v) is 9.18. The first kappa shape index (κ1) is 15.7. The lowest BCUT2D eigenvalue weighted by atomic mass is 10.1. The number of hydrogen-bond donors (Lipinski definition) is 1. The highest BCUT2D eigenvalue weighted by atomic mass is 32.1. The van der Waals surface area contributed by atoms with Crippen molar-refractivity contribution in [1.29, 1.82) is 0 Å². The lowest BCUT2D eigenvalue weighted by Gasteiger charge is -1.99. The molecule has 2 aromatic heterocycles. The van der Waals surface area contributed by atoms with Gasteiger partial charge in [-0.25, -0.2) is 4.98 Å². The highest BCUT2D eigenvalue weighted by Crippen LogP contribution is 2.33. The van der Waals surface area contributed by atoms with Crippen LogP contribution >= 0.6 is 11.3 Å². The molecule has 0 amide bonds. The van der Waals surface area contributed by atoms with Gasteiger partial charge in [-0.05, 0) is 36.4 Å². The summed E-state index contributed by atoms with van der Waals surface area (Å²) in [6.07, 6.45) is 0. The topological polar surface area (TPSA) is 72.0 Å². The zero-order chi connectivity index (χ0) is 18.2. The van der Waals surface area contributed by atoms with Crippen LogP contribution in [0.3, 0.4) is 0 Å². The van der Waals surface area contributed by atoms with Gasteiger partial charge in [-0.3, -0.25) is 0 Å². The lowest BCUT2D eigenvalue weighted by Crippen LogP contribution is -1.80. The Morgan fingerprint density at radius 3 is 2.26 bits per heavy atom. The van der Waals surface area contributed by atoms with Crippen LogP contribution in [-0.4, -0.2) is 20.3 Å². The molecule has 0 fully saturated rings. The molecule has 0 atom stereocenters. The van der Waals surface area contributed by atoms with Gasteiger partial charge in [-0.15, -0.1) is 21.5 Å². The molecule has 0 saturated carbocycles. The number of para-hydroxylation sites is 2. The van der Waals surface area contributed by atoms with Crippen molar-refractivity contribution in [3.05, 3.63) is 72.8 Å². The van der Waals surface area contributed by atoms with Crippen LogP contribution in [0.5, 0.6) is 5.75 Å². The monoisotopic (exact) mass is 371 g/mol. The maximum atomic E-state index is 9.93. The van der Waals surface area contributed by atoms with Crippen molar-refractivity contribution in [2.24, 2.45) is 0 Å². The van der Waals surface area contributed by atoms with Crippen molar-refractivity contribution in [1.82, 2.24) is 15.2 Å². The van der Waals surface area contributed by atoms with Crippen LogP contribution in [0.15, 0.2) is 77.2 Å². The molecule has 130 valence electrons. The number of nitrogens with zero attached hydrogens (tertiary/aromatic N) is 3. The Morgan fingerprint density at radius 2 is 1.44 bits per heavy atom. The van der Waals surface area contributed by atoms with Crippen molar-refractivity contribution in [3.63, 3.8) is 0 Å². The first-order chi connectivity index (χ1) is 13.3. The Balaban J connectivity index is 1.46. The molecule has 0 aliphatic rings. The van der Waals surface area contributed by atoms with Crippen molar-refractivity contribution < 1.29 is 9.52 Å². The summed E-state index contributed by atoms with van der Waals surface area (Å²) in [7, 11) is 0. The van der Waals surface area contributed by atoms with Crippen LogP contribution in [0.25, 0.3) is 43.7 Å². The fraction of sp³-hybridized carbons (Fsp3) is 0. The second-order valence-electron chi connectivity index (χ2n) is 5.99. The smallest absolute Gasteiger partial charge is 0.251 e. The summed E-state index contributed by atoms with van der Waals surface area (Å²) in [6, 6.07) is 22.8. The molecule has 6 heteroatoms. The van der Waals surface area contributed by atoms with E-state index < -0.39 is 0 Å². The lowest BCUT2D eigenvalue weighted by molar-refractivity contribution is 0.473. The molecule has 2 heterocycles. The van der Waals surface area contributed by atoms with Crippen LogP contribution in [-0.2, 0) is 0 Å². The second kappa shape index (κ2) is 6.34. The van der Waals surface area contributed by atoms with Gasteiger partial charge in [-0.1, -0.05) is 36.4 Å². The van der Waals surface area contributed by atoms with E-state index in [4.69, 9.17) is 4.42 Å². The van der Waals surface area contributed by atoms with E-state index in [0.29, 0.717) is 17.3 Å². The summed E-state index contributed by atoms with van der Waals surface area (Å²) in [5.74, 6) is 0.807. The summed E-state index contributed by atoms with van der Waals surface area (Å²) in [5.41, 5.74) is 3.38. The molecule has 5 nitrogen and oxygen atoms in total. The Labute approximate surface area is 158 Å². The Kier molecular flexibility index (Phi) is 3.69. The predicted molar refractivity (Wildman–Crippen MR) is 105 cm³/mol. The molecule has 0 unspecified atom stereocenters. The normalized spacial score (nSPS) is 11.1. The highest BCUT2D eigenvalue weighted by Gasteiger charge is 2.14. The van der Waals surface area contributed by atoms with Crippen LogP contribution in [0.4, 0.5) is 0 Å². The summed E-state index contributed by atoms with van der Waals surface area (Å²) in [5, 5.41) is 19.1. The van der Waals surface area contributed by atoms with Crippen LogP contribution in [0.1, 0.15) is 0 Å². The number of rotatable bonds is 3. The van der Waals surface area contributed by atoms with Gasteiger partial charge in [0, 0.05) is 11.1 Å². The van der Waals surface area contributed by atoms with E-state index >= 15 is 0 Å². The van der Waals surface area contributed by atoms with E-state index in [1.54, 1.807) is 29.5 Å². The molecule has 5 rings (SSSR count). The van der Waals surface area contributed by atoms with Gasteiger partial charge >= 0.3 is 0 Å². The van der Waals surface area contributed by atoms with E-state index in [0.717, 1.165) is 21.7 Å². The van der Waals surface area contributed by atoms with E-state index in [1.807, 2.05) is 48.5 Å². The fourth-order valence-corrected chi connectivity index (χ4v) is 3.83. The average Bonchev–Trinajstić information content (AvgIpc) is 3.36. The number of thiazole rings is 1. The minimum atomic E-state index is 0.110. The third-order valence-electron chi connectivity index (χ3n) is 4.23. The van der Waals surface area contributed by atoms with Crippen LogP contribution < -0.4 is 0 Å². The quantitative estimate of drug-likeness (QED) is 0.461. The molecule has 0 spiro atoms. The number of aromatic nitrogens is 3. The molecular weight excluding hydrogens is 358 g/mol. The molecular formula is C21H13N3O2S. The van der Waals surface area contributed by atoms with Crippen molar-refractivity contribution in [2.45, 2.75) is 0 Å². The number of aromatic hydroxyl groups is 1. The summed E-state index contributed by atoms with van der Waals surface area (Å²) in [4.78, 5) is 4.68. The van der Waals surface area contributed by atoms with E-state index in [-0.39, 0.29) is 5.75 Å². The standard InChI is InChI=1S/C21H13N3O2S/c25-17-7-3-1-5-15(17)20-24-23-19(26-20)13-9-11-14(12-10-13)21-22-16-6-2-4-8-18(16)27-21/h1-12,25H. The number of phenolic OH excluding ortho intramolecular Hbond substituents is 1. The maximum absolute atomic E-state index is 9.93. The Hall–Kier alpha value is -3.51. The SMILES string of the molecule is Oc1ccccc1-c1nnc(-c2ccc(-c3nc4ccccc4s3)cc2)o1. The van der Waals surface area contributed by atoms with Gasteiger partial charge in [0.25, 0.3) is 5.89 Å². The Bertz CT molecular complexity index is 1210. The maximum Gasteiger partial charge on any atom is 0.251 e. The van der Waals surface area contributed by atoms with Crippen molar-refractivity contribution in [2.75, 3.05) is 0 Å². The molecule has 27 heavy (non-hydrogen) atoms. The molecule has 0 aliphatic heterocycles. The number of benzene rings is 3. The van der Waals surface area contributed by atoms with E-state index in [9.17, 15) is 5.11 Å². The molecule has 0 saturated heterocycles. The number of hydrogen-bond acceptors (Lipinski definition) is 6. The first-order valence-electron chi connectivity index (χ1n) is 8.36. The van der Waals surface area contributed by atoms with Crippen molar-refractivity contribution in [3.8, 4) is 39.2 Å². The Morgan fingerprint density at radius 1 is 0.741 bits per heavy atom. The molecule has 3 aromatic carbocycles. The molecule has 1 N–H and O–H groups in total. The summed E-state index contributed by atoms with van der Waals surface area (Å²) < 4.78 is 6.90. The highest BCUT2D eigenvalue weighted by molar-refractivity contribution is 7.21. The third-order valence-corrected chi connectivity index (χ3v) is 5.32. The fourth-order valence-electron chi connectivity index (χ4n) is 2.85. The van der Waals surface area contributed by atoms with Crippen LogP contribution in [0.2, 0.25) is 0 Å². The van der Waals surface area contributed by atoms with Crippen molar-refractivity contribution >= 4 is 21.6 Å². The molecule has 5 aromatic rings. The third kappa shape index (κ3) is 2.86. The molecule has 0 radical (unpaired) electrons. The van der Waals surface area contributed by atoms with Gasteiger partial charge in [0.1, 0.15) is 10.8 Å². The predicted octanol–water partition coefficient (Wildman–Crippen LogP) is 5.39. The van der Waals surface area contributed by atoms with Gasteiger partial charge in [0.15, 0.2) is 0 Å². The largest absolute Gasteiger partial charge is 0.507 e. The zero-order valence-electron chi connectivity index (χ0n) is 14.0. The average molecular weight is 371 g/mol. The van der Waals surface area contributed by atoms with E-state index in [2.05, 4.69) is 21.2 Å². The molecule has 0 bridgehead atoms. The minimum absolute atomic E-state index is 0.110. The number of phenols is 1. The van der Waals surface area contributed by atoms with Gasteiger partial charge < -0.3 is 9.52 Å². The van der Waals surface area contributed by atoms with Gasteiger partial charge in [0.05, 0.1) is 15.8 Å². The van der Waals surface area contributed by atoms with Gasteiger partial charge in [0.2, 0.25) is 5.89 Å². The summed E-state index contributed by atoms with van der Waals surface area (Å²) >= 11 is 1.66.